The van der Waals surface area contributed by atoms with Crippen LogP contribution >= 0.6 is 11.3 Å². The highest BCUT2D eigenvalue weighted by molar-refractivity contribution is 7.15. The van der Waals surface area contributed by atoms with Gasteiger partial charge in [0.15, 0.2) is 0 Å². The summed E-state index contributed by atoms with van der Waals surface area (Å²) in [6.45, 7) is 15.6. The molecular weight excluding hydrogens is 490 g/mol. The molecule has 0 N–H and O–H groups in total. The summed E-state index contributed by atoms with van der Waals surface area (Å²) in [7, 11) is 0. The Balaban J connectivity index is 1.28. The quantitative estimate of drug-likeness (QED) is 0.271. The first-order valence-electron chi connectivity index (χ1n) is 13.7. The fourth-order valence-electron chi connectivity index (χ4n) is 5.08. The Kier molecular flexibility index (Phi) is 7.16. The maximum absolute atomic E-state index is 13.0. The number of piperidine rings is 1. The van der Waals surface area contributed by atoms with E-state index in [4.69, 9.17) is 4.98 Å². The van der Waals surface area contributed by atoms with Crippen LogP contribution in [0.5, 0.6) is 0 Å². The van der Waals surface area contributed by atoms with Crippen LogP contribution in [0, 0.1) is 0 Å². The maximum atomic E-state index is 13.0. The molecule has 5 rings (SSSR count). The number of rotatable bonds is 6. The molecule has 0 radical (unpaired) electrons. The van der Waals surface area contributed by atoms with Gasteiger partial charge in [-0.05, 0) is 65.3 Å². The van der Waals surface area contributed by atoms with Gasteiger partial charge in [0.1, 0.15) is 11.6 Å². The smallest absolute Gasteiger partial charge is 0.242 e. The number of carbonyl (C=O) groups is 1. The summed E-state index contributed by atoms with van der Waals surface area (Å²) in [5.41, 5.74) is 5.92. The Morgan fingerprint density at radius 2 is 1.76 bits per heavy atom. The maximum Gasteiger partial charge on any atom is 0.242 e. The summed E-state index contributed by atoms with van der Waals surface area (Å²) in [5, 5.41) is 1.10. The zero-order valence-corrected chi connectivity index (χ0v) is 24.3. The molecule has 1 saturated heterocycles. The molecule has 1 amide bonds. The topological polar surface area (TPSA) is 63.9 Å². The number of fused-ring (bicyclic) bond motifs is 1. The molecule has 7 heteroatoms. The first-order chi connectivity index (χ1) is 18.0. The minimum Gasteiger partial charge on any atom is -0.341 e. The molecule has 1 aliphatic rings. The fraction of sp³-hybridized carbons (Fsp3) is 0.484. The molecule has 0 spiro atoms. The summed E-state index contributed by atoms with van der Waals surface area (Å²) in [5.74, 6) is 0.586. The van der Waals surface area contributed by atoms with E-state index in [-0.39, 0.29) is 16.7 Å². The number of amides is 1. The number of benzene rings is 1. The average Bonchev–Trinajstić information content (AvgIpc) is 3.56. The molecule has 0 saturated carbocycles. The fourth-order valence-corrected chi connectivity index (χ4v) is 6.15. The van der Waals surface area contributed by atoms with Crippen LogP contribution < -0.4 is 0 Å². The van der Waals surface area contributed by atoms with Crippen molar-refractivity contribution in [2.75, 3.05) is 13.1 Å². The number of thiazole rings is 1. The van der Waals surface area contributed by atoms with Crippen LogP contribution in [0.3, 0.4) is 0 Å². The third kappa shape index (κ3) is 5.39. The van der Waals surface area contributed by atoms with Gasteiger partial charge >= 0.3 is 0 Å². The number of pyridine rings is 1. The summed E-state index contributed by atoms with van der Waals surface area (Å²) in [6.07, 6.45) is 10.3. The van der Waals surface area contributed by atoms with Crippen LogP contribution in [-0.4, -0.2) is 43.4 Å². The molecule has 0 aliphatic carbocycles. The monoisotopic (exact) mass is 529 g/mol. The molecule has 1 fully saturated rings. The second-order valence-electron chi connectivity index (χ2n) is 12.2. The zero-order chi connectivity index (χ0) is 27.1. The van der Waals surface area contributed by atoms with Gasteiger partial charge in [-0.1, -0.05) is 47.6 Å². The van der Waals surface area contributed by atoms with E-state index in [1.807, 2.05) is 26.9 Å². The first kappa shape index (κ1) is 26.5. The van der Waals surface area contributed by atoms with Gasteiger partial charge in [-0.25, -0.2) is 9.97 Å². The summed E-state index contributed by atoms with van der Waals surface area (Å²) < 4.78 is 1.89. The van der Waals surface area contributed by atoms with Crippen LogP contribution in [0.2, 0.25) is 0 Å². The number of aromatic nitrogens is 4. The Morgan fingerprint density at radius 3 is 2.47 bits per heavy atom. The predicted molar refractivity (Wildman–Crippen MR) is 156 cm³/mol. The molecule has 3 aromatic heterocycles. The van der Waals surface area contributed by atoms with Gasteiger partial charge in [0.25, 0.3) is 0 Å². The number of imidazole rings is 1. The van der Waals surface area contributed by atoms with E-state index in [1.165, 1.54) is 21.6 Å². The number of likely N-dealkylation sites (tertiary alicyclic amines) is 1. The van der Waals surface area contributed by atoms with E-state index < -0.39 is 0 Å². The van der Waals surface area contributed by atoms with Crippen LogP contribution in [0.25, 0.3) is 21.6 Å². The molecular formula is C31H39N5OS. The van der Waals surface area contributed by atoms with E-state index >= 15 is 0 Å². The predicted octanol–water partition coefficient (Wildman–Crippen LogP) is 6.95. The van der Waals surface area contributed by atoms with Gasteiger partial charge in [-0.2, -0.15) is 0 Å². The van der Waals surface area contributed by atoms with Gasteiger partial charge in [0.05, 0.1) is 23.6 Å². The van der Waals surface area contributed by atoms with E-state index in [0.29, 0.717) is 12.5 Å². The van der Waals surface area contributed by atoms with Gasteiger partial charge in [-0.15, -0.1) is 11.3 Å². The van der Waals surface area contributed by atoms with Crippen molar-refractivity contribution in [1.82, 2.24) is 24.4 Å². The van der Waals surface area contributed by atoms with Gasteiger partial charge in [0, 0.05) is 35.9 Å². The van der Waals surface area contributed by atoms with Crippen molar-refractivity contribution in [3.8, 4) is 10.6 Å². The highest BCUT2D eigenvalue weighted by Crippen LogP contribution is 2.39. The standard InChI is InChI=1S/C31H39N5OS/c1-7-31(5,6)24-15-22(14-23(16-24)30(2,3)4)29-33-18-27(38-29)21-9-12-35(13-10-21)28(37)19-36-20-34-25-8-11-32-17-26(25)36/h8,11,14-18,20-21H,7,9-10,12-13,19H2,1-6H3. The lowest BCUT2D eigenvalue weighted by Crippen LogP contribution is -2.39. The highest BCUT2D eigenvalue weighted by atomic mass is 32.1. The average molecular weight is 530 g/mol. The van der Waals surface area contributed by atoms with E-state index in [0.717, 1.165) is 48.4 Å². The number of hydrogen-bond acceptors (Lipinski definition) is 5. The molecule has 200 valence electrons. The normalized spacial score (nSPS) is 15.4. The third-order valence-electron chi connectivity index (χ3n) is 8.21. The lowest BCUT2D eigenvalue weighted by molar-refractivity contribution is -0.132. The molecule has 38 heavy (non-hydrogen) atoms. The number of nitrogens with zero attached hydrogens (tertiary/aromatic N) is 5. The molecule has 0 atom stereocenters. The lowest BCUT2D eigenvalue weighted by atomic mass is 9.77. The molecule has 4 heterocycles. The summed E-state index contributed by atoms with van der Waals surface area (Å²) in [6, 6.07) is 8.93. The van der Waals surface area contributed by atoms with Crippen molar-refractivity contribution in [2.24, 2.45) is 0 Å². The molecule has 6 nitrogen and oxygen atoms in total. The third-order valence-corrected chi connectivity index (χ3v) is 9.42. The Bertz CT molecular complexity index is 1440. The number of carbonyl (C=O) groups excluding carboxylic acids is 1. The van der Waals surface area contributed by atoms with Gasteiger partial charge in [0.2, 0.25) is 5.91 Å². The van der Waals surface area contributed by atoms with Crippen LogP contribution in [0.4, 0.5) is 0 Å². The minimum absolute atomic E-state index is 0.0769. The Morgan fingerprint density at radius 1 is 1.03 bits per heavy atom. The largest absolute Gasteiger partial charge is 0.341 e. The number of hydrogen-bond donors (Lipinski definition) is 0. The van der Waals surface area contributed by atoms with E-state index in [1.54, 1.807) is 18.7 Å². The van der Waals surface area contributed by atoms with Crippen molar-refractivity contribution < 1.29 is 4.79 Å². The van der Waals surface area contributed by atoms with Gasteiger partial charge in [-0.3, -0.25) is 9.78 Å². The van der Waals surface area contributed by atoms with Crippen LogP contribution in [0.1, 0.15) is 82.7 Å². The van der Waals surface area contributed by atoms with Crippen LogP contribution in [0.15, 0.2) is 49.2 Å². The van der Waals surface area contributed by atoms with E-state index in [9.17, 15) is 4.79 Å². The van der Waals surface area contributed by atoms with Crippen LogP contribution in [-0.2, 0) is 22.2 Å². The Labute approximate surface area is 230 Å². The molecule has 4 aromatic rings. The summed E-state index contributed by atoms with van der Waals surface area (Å²) in [4.78, 5) is 29.8. The molecule has 0 unspecified atom stereocenters. The van der Waals surface area contributed by atoms with E-state index in [2.05, 4.69) is 75.9 Å². The minimum atomic E-state index is 0.0769. The molecule has 0 bridgehead atoms. The van der Waals surface area contributed by atoms with Crippen molar-refractivity contribution in [1.29, 1.82) is 0 Å². The summed E-state index contributed by atoms with van der Waals surface area (Å²) >= 11 is 1.82. The Hall–Kier alpha value is -3.06. The zero-order valence-electron chi connectivity index (χ0n) is 23.5. The second kappa shape index (κ2) is 10.3. The highest BCUT2D eigenvalue weighted by Gasteiger charge is 2.27. The first-order valence-corrected chi connectivity index (χ1v) is 14.5. The van der Waals surface area contributed by atoms with Crippen molar-refractivity contribution >= 4 is 28.3 Å². The van der Waals surface area contributed by atoms with Crippen molar-refractivity contribution in [3.05, 3.63) is 65.2 Å². The second-order valence-corrected chi connectivity index (χ2v) is 13.3. The van der Waals surface area contributed by atoms with Crippen molar-refractivity contribution in [2.45, 2.75) is 84.1 Å². The lowest BCUT2D eigenvalue weighted by Gasteiger charge is -2.31. The van der Waals surface area contributed by atoms with Crippen molar-refractivity contribution in [3.63, 3.8) is 0 Å². The SMILES string of the molecule is CCC(C)(C)c1cc(-c2ncc(C3CCN(C(=O)Cn4cnc5ccncc54)CC3)s2)cc(C(C)(C)C)c1. The molecule has 1 aromatic carbocycles. The molecule has 1 aliphatic heterocycles. The van der Waals surface area contributed by atoms with Gasteiger partial charge < -0.3 is 9.47 Å².